The van der Waals surface area contributed by atoms with Crippen LogP contribution in [0.15, 0.2) is 0 Å². The quantitative estimate of drug-likeness (QED) is 0.570. The summed E-state index contributed by atoms with van der Waals surface area (Å²) < 4.78 is 0. The molecule has 0 fully saturated rings. The molecule has 2 atom stereocenters. The molecule has 0 aliphatic heterocycles. The first kappa shape index (κ1) is 20.1. The number of carbonyl (C=O) groups is 2. The van der Waals surface area contributed by atoms with Crippen molar-refractivity contribution < 1.29 is 9.59 Å². The SMILES string of the molecule is CC(C)NC(C(=O)NC(CCCN)C(=O)C(C)C)C(C)C. The number of nitrogens with two attached hydrogens (primary N) is 1. The first-order valence-corrected chi connectivity index (χ1v) is 8.00. The number of nitrogens with one attached hydrogen (secondary N) is 2. The maximum atomic E-state index is 12.5. The molecule has 21 heavy (non-hydrogen) atoms. The molecule has 4 N–H and O–H groups in total. The lowest BCUT2D eigenvalue weighted by molar-refractivity contribution is -0.131. The third-order valence-corrected chi connectivity index (χ3v) is 3.39. The van der Waals surface area contributed by atoms with Gasteiger partial charge in [-0.15, -0.1) is 0 Å². The number of hydrogen-bond acceptors (Lipinski definition) is 4. The third-order valence-electron chi connectivity index (χ3n) is 3.39. The minimum absolute atomic E-state index is 0.0730. The second-order valence-electron chi connectivity index (χ2n) is 6.59. The summed E-state index contributed by atoms with van der Waals surface area (Å²) in [5, 5.41) is 6.17. The van der Waals surface area contributed by atoms with Crippen molar-refractivity contribution in [3.8, 4) is 0 Å². The molecule has 0 aromatic rings. The molecule has 124 valence electrons. The van der Waals surface area contributed by atoms with Gasteiger partial charge in [-0.1, -0.05) is 41.5 Å². The minimum atomic E-state index is -0.434. The molecule has 0 bridgehead atoms. The van der Waals surface area contributed by atoms with Gasteiger partial charge in [-0.3, -0.25) is 9.59 Å². The van der Waals surface area contributed by atoms with Crippen LogP contribution in [0.2, 0.25) is 0 Å². The Morgan fingerprint density at radius 1 is 1.05 bits per heavy atom. The summed E-state index contributed by atoms with van der Waals surface area (Å²) in [6.07, 6.45) is 1.33. The summed E-state index contributed by atoms with van der Waals surface area (Å²) in [6.45, 7) is 12.3. The molecule has 1 amide bonds. The molecule has 2 unspecified atom stereocenters. The molecule has 0 rings (SSSR count). The number of carbonyl (C=O) groups excluding carboxylic acids is 2. The van der Waals surface area contributed by atoms with Gasteiger partial charge in [0, 0.05) is 12.0 Å². The van der Waals surface area contributed by atoms with E-state index in [2.05, 4.69) is 10.6 Å². The van der Waals surface area contributed by atoms with Crippen LogP contribution in [0.4, 0.5) is 0 Å². The molecule has 0 saturated carbocycles. The highest BCUT2D eigenvalue weighted by Crippen LogP contribution is 2.09. The molecule has 5 heteroatoms. The van der Waals surface area contributed by atoms with E-state index in [1.165, 1.54) is 0 Å². The molecule has 0 aromatic heterocycles. The van der Waals surface area contributed by atoms with E-state index in [0.717, 1.165) is 6.42 Å². The van der Waals surface area contributed by atoms with Crippen molar-refractivity contribution in [3.05, 3.63) is 0 Å². The van der Waals surface area contributed by atoms with Crippen LogP contribution in [-0.2, 0) is 9.59 Å². The van der Waals surface area contributed by atoms with Gasteiger partial charge < -0.3 is 16.4 Å². The Morgan fingerprint density at radius 2 is 1.62 bits per heavy atom. The van der Waals surface area contributed by atoms with Gasteiger partial charge in [-0.2, -0.15) is 0 Å². The first-order chi connectivity index (χ1) is 9.70. The van der Waals surface area contributed by atoms with E-state index < -0.39 is 6.04 Å². The molecule has 0 radical (unpaired) electrons. The van der Waals surface area contributed by atoms with Gasteiger partial charge in [0.05, 0.1) is 12.1 Å². The molecule has 0 saturated heterocycles. The van der Waals surface area contributed by atoms with E-state index >= 15 is 0 Å². The van der Waals surface area contributed by atoms with Crippen molar-refractivity contribution >= 4 is 11.7 Å². The van der Waals surface area contributed by atoms with Crippen LogP contribution in [0.25, 0.3) is 0 Å². The van der Waals surface area contributed by atoms with Crippen LogP contribution in [0.3, 0.4) is 0 Å². The number of rotatable bonds is 10. The van der Waals surface area contributed by atoms with E-state index in [-0.39, 0.29) is 35.6 Å². The van der Waals surface area contributed by atoms with Crippen molar-refractivity contribution in [1.29, 1.82) is 0 Å². The Bertz CT molecular complexity index is 327. The van der Waals surface area contributed by atoms with Crippen LogP contribution >= 0.6 is 0 Å². The second kappa shape index (κ2) is 9.90. The number of ketones is 1. The zero-order chi connectivity index (χ0) is 16.6. The second-order valence-corrected chi connectivity index (χ2v) is 6.59. The standard InChI is InChI=1S/C16H33N3O2/c1-10(2)14(18-12(5)6)16(21)19-13(8-7-9-17)15(20)11(3)4/h10-14,18H,7-9,17H2,1-6H3,(H,19,21). The van der Waals surface area contributed by atoms with E-state index in [9.17, 15) is 9.59 Å². The Kier molecular flexibility index (Phi) is 9.46. The van der Waals surface area contributed by atoms with Gasteiger partial charge >= 0.3 is 0 Å². The predicted octanol–water partition coefficient (Wildman–Crippen LogP) is 1.46. The number of Topliss-reactive ketones (excluding diaryl/α,β-unsaturated/α-hetero) is 1. The maximum Gasteiger partial charge on any atom is 0.237 e. The van der Waals surface area contributed by atoms with E-state index in [0.29, 0.717) is 13.0 Å². The van der Waals surface area contributed by atoms with E-state index in [1.807, 2.05) is 41.5 Å². The number of amides is 1. The zero-order valence-corrected chi connectivity index (χ0v) is 14.4. The van der Waals surface area contributed by atoms with Crippen LogP contribution in [0, 0.1) is 11.8 Å². The molecule has 0 spiro atoms. The molecular formula is C16H33N3O2. The summed E-state index contributed by atoms with van der Waals surface area (Å²) in [6, 6.07) is -0.506. The Morgan fingerprint density at radius 3 is 2.00 bits per heavy atom. The lowest BCUT2D eigenvalue weighted by Crippen LogP contribution is -2.54. The predicted molar refractivity (Wildman–Crippen MR) is 87.0 cm³/mol. The highest BCUT2D eigenvalue weighted by Gasteiger charge is 2.28. The Hall–Kier alpha value is -0.940. The summed E-state index contributed by atoms with van der Waals surface area (Å²) in [4.78, 5) is 24.7. The smallest absolute Gasteiger partial charge is 0.237 e. The summed E-state index contributed by atoms with van der Waals surface area (Å²) in [7, 11) is 0. The fourth-order valence-corrected chi connectivity index (χ4v) is 2.20. The summed E-state index contributed by atoms with van der Waals surface area (Å²) >= 11 is 0. The van der Waals surface area contributed by atoms with Gasteiger partial charge in [0.25, 0.3) is 0 Å². The molecule has 0 aliphatic carbocycles. The third kappa shape index (κ3) is 7.58. The van der Waals surface area contributed by atoms with Crippen molar-refractivity contribution in [2.45, 2.75) is 72.5 Å². The van der Waals surface area contributed by atoms with E-state index in [1.54, 1.807) is 0 Å². The minimum Gasteiger partial charge on any atom is -0.345 e. The first-order valence-electron chi connectivity index (χ1n) is 8.00. The molecular weight excluding hydrogens is 266 g/mol. The van der Waals surface area contributed by atoms with Gasteiger partial charge in [-0.05, 0) is 25.3 Å². The fraction of sp³-hybridized carbons (Fsp3) is 0.875. The van der Waals surface area contributed by atoms with Gasteiger partial charge in [0.1, 0.15) is 0 Å². The number of hydrogen-bond donors (Lipinski definition) is 3. The molecule has 0 aliphatic rings. The summed E-state index contributed by atoms with van der Waals surface area (Å²) in [5.74, 6) is 0.0407. The van der Waals surface area contributed by atoms with Gasteiger partial charge in [0.15, 0.2) is 5.78 Å². The highest BCUT2D eigenvalue weighted by atomic mass is 16.2. The molecule has 0 heterocycles. The average Bonchev–Trinajstić information content (AvgIpc) is 2.38. The zero-order valence-electron chi connectivity index (χ0n) is 14.4. The normalized spacial score (nSPS) is 14.6. The fourth-order valence-electron chi connectivity index (χ4n) is 2.20. The Labute approximate surface area is 129 Å². The Balaban J connectivity index is 4.86. The lowest BCUT2D eigenvalue weighted by Gasteiger charge is -2.27. The monoisotopic (exact) mass is 299 g/mol. The van der Waals surface area contributed by atoms with Crippen LogP contribution in [0.1, 0.15) is 54.4 Å². The van der Waals surface area contributed by atoms with Crippen LogP contribution in [-0.4, -0.2) is 36.4 Å². The maximum absolute atomic E-state index is 12.5. The summed E-state index contributed by atoms with van der Waals surface area (Å²) in [5.41, 5.74) is 5.52. The van der Waals surface area contributed by atoms with Crippen molar-refractivity contribution in [1.82, 2.24) is 10.6 Å². The van der Waals surface area contributed by atoms with Gasteiger partial charge in [0.2, 0.25) is 5.91 Å². The highest BCUT2D eigenvalue weighted by molar-refractivity contribution is 5.91. The molecule has 5 nitrogen and oxygen atoms in total. The van der Waals surface area contributed by atoms with E-state index in [4.69, 9.17) is 5.73 Å². The molecule has 0 aromatic carbocycles. The van der Waals surface area contributed by atoms with Gasteiger partial charge in [-0.25, -0.2) is 0 Å². The van der Waals surface area contributed by atoms with Crippen LogP contribution < -0.4 is 16.4 Å². The van der Waals surface area contributed by atoms with Crippen molar-refractivity contribution in [2.24, 2.45) is 17.6 Å². The van der Waals surface area contributed by atoms with Crippen molar-refractivity contribution in [3.63, 3.8) is 0 Å². The largest absolute Gasteiger partial charge is 0.345 e. The van der Waals surface area contributed by atoms with Crippen LogP contribution in [0.5, 0.6) is 0 Å². The topological polar surface area (TPSA) is 84.2 Å². The van der Waals surface area contributed by atoms with Crippen molar-refractivity contribution in [2.75, 3.05) is 6.54 Å². The average molecular weight is 299 g/mol. The lowest BCUT2D eigenvalue weighted by atomic mass is 9.96.